The van der Waals surface area contributed by atoms with E-state index in [1.54, 1.807) is 6.07 Å². The molecule has 17 heavy (non-hydrogen) atoms. The summed E-state index contributed by atoms with van der Waals surface area (Å²) in [7, 11) is -4.48. The molecule has 0 N–H and O–H groups in total. The molecule has 0 amide bonds. The van der Waals surface area contributed by atoms with Crippen molar-refractivity contribution in [2.75, 3.05) is 6.61 Å². The lowest BCUT2D eigenvalue weighted by Crippen LogP contribution is -2.37. The van der Waals surface area contributed by atoms with E-state index in [0.29, 0.717) is 0 Å². The number of sulfone groups is 1. The number of benzene rings is 1. The Morgan fingerprint density at radius 2 is 1.94 bits per heavy atom. The van der Waals surface area contributed by atoms with Crippen LogP contribution in [-0.2, 0) is 19.4 Å². The van der Waals surface area contributed by atoms with Crippen molar-refractivity contribution in [3.8, 4) is 0 Å². The van der Waals surface area contributed by atoms with Crippen molar-refractivity contribution in [3.05, 3.63) is 30.3 Å². The van der Waals surface area contributed by atoms with Crippen LogP contribution in [0.1, 0.15) is 6.92 Å². The summed E-state index contributed by atoms with van der Waals surface area (Å²) in [6.07, 6.45) is 0. The fourth-order valence-electron chi connectivity index (χ4n) is 1.07. The normalized spacial score (nSPS) is 15.0. The summed E-state index contributed by atoms with van der Waals surface area (Å²) in [6.45, 7) is 1.34. The third-order valence-corrected chi connectivity index (χ3v) is 5.24. The van der Waals surface area contributed by atoms with E-state index in [0.717, 1.165) is 0 Å². The average Bonchev–Trinajstić information content (AvgIpc) is 2.30. The van der Waals surface area contributed by atoms with E-state index in [1.807, 2.05) is 0 Å². The van der Waals surface area contributed by atoms with Gasteiger partial charge < -0.3 is 4.74 Å². The molecule has 0 aliphatic heterocycles. The van der Waals surface area contributed by atoms with Crippen LogP contribution in [0.25, 0.3) is 0 Å². The fraction of sp³-hybridized carbons (Fsp3) is 0.300. The first-order valence-corrected chi connectivity index (χ1v) is 6.96. The second-order valence-corrected chi connectivity index (χ2v) is 6.71. The minimum atomic E-state index is -4.48. The molecule has 1 aromatic carbocycles. The van der Waals surface area contributed by atoms with E-state index in [-0.39, 0.29) is 11.5 Å². The van der Waals surface area contributed by atoms with Gasteiger partial charge in [-0.15, -0.1) is 0 Å². The largest absolute Gasteiger partial charge is 0.462 e. The maximum absolute atomic E-state index is 14.0. The first kappa shape index (κ1) is 14.1. The number of alkyl halides is 2. The van der Waals surface area contributed by atoms with E-state index in [4.69, 9.17) is 0 Å². The van der Waals surface area contributed by atoms with Crippen molar-refractivity contribution in [2.24, 2.45) is 0 Å². The molecule has 0 bridgehead atoms. The number of carbonyl (C=O) groups excluding carboxylic acids is 1. The Balaban J connectivity index is 3.19. The third kappa shape index (κ3) is 2.66. The van der Waals surface area contributed by atoms with Gasteiger partial charge in [0.05, 0.1) is 11.5 Å². The molecule has 7 heteroatoms. The Bertz CT molecular complexity index is 498. The zero-order chi connectivity index (χ0) is 13.1. The lowest BCUT2D eigenvalue weighted by Gasteiger charge is -2.16. The maximum atomic E-state index is 14.0. The van der Waals surface area contributed by atoms with Gasteiger partial charge in [-0.2, -0.15) is 0 Å². The van der Waals surface area contributed by atoms with Gasteiger partial charge in [0, 0.05) is 0 Å². The molecule has 0 aromatic heterocycles. The minimum absolute atomic E-state index is 0.111. The van der Waals surface area contributed by atoms with Crippen LogP contribution in [-0.4, -0.2) is 24.9 Å². The van der Waals surface area contributed by atoms with Crippen molar-refractivity contribution < 1.29 is 22.3 Å². The summed E-state index contributed by atoms with van der Waals surface area (Å²) < 4.78 is 38.8. The van der Waals surface area contributed by atoms with Gasteiger partial charge in [0.15, 0.2) is 0 Å². The van der Waals surface area contributed by atoms with Gasteiger partial charge in [-0.1, -0.05) is 18.2 Å². The van der Waals surface area contributed by atoms with Crippen molar-refractivity contribution in [3.63, 3.8) is 0 Å². The van der Waals surface area contributed by atoms with Gasteiger partial charge >= 0.3 is 9.88 Å². The lowest BCUT2D eigenvalue weighted by atomic mass is 10.4. The first-order chi connectivity index (χ1) is 7.84. The molecular weight excluding hydrogens is 315 g/mol. The predicted molar refractivity (Wildman–Crippen MR) is 63.0 cm³/mol. The van der Waals surface area contributed by atoms with Crippen LogP contribution in [0.4, 0.5) is 4.39 Å². The van der Waals surface area contributed by atoms with Crippen LogP contribution in [0.3, 0.4) is 0 Å². The minimum Gasteiger partial charge on any atom is -0.462 e. The Morgan fingerprint density at radius 3 is 2.41 bits per heavy atom. The first-order valence-electron chi connectivity index (χ1n) is 4.68. The standard InChI is InChI=1S/C10H10BrFO4S/c1-2-16-9(13)10(11,12)17(14,15)8-6-4-3-5-7-8/h3-7H,2H2,1H3. The van der Waals surface area contributed by atoms with E-state index >= 15 is 0 Å². The topological polar surface area (TPSA) is 60.4 Å². The zero-order valence-corrected chi connectivity index (χ0v) is 11.3. The van der Waals surface area contributed by atoms with Crippen molar-refractivity contribution in [2.45, 2.75) is 15.7 Å². The quantitative estimate of drug-likeness (QED) is 0.628. The number of rotatable bonds is 4. The smallest absolute Gasteiger partial charge is 0.371 e. The number of carbonyl (C=O) groups is 1. The average molecular weight is 325 g/mol. The van der Waals surface area contributed by atoms with Gasteiger partial charge in [-0.05, 0) is 35.0 Å². The summed E-state index contributed by atoms with van der Waals surface area (Å²) in [5.41, 5.74) is 0. The van der Waals surface area contributed by atoms with Crippen LogP contribution in [0.15, 0.2) is 35.2 Å². The Morgan fingerprint density at radius 1 is 1.41 bits per heavy atom. The molecule has 4 nitrogen and oxygen atoms in total. The predicted octanol–water partition coefficient (Wildman–Crippen LogP) is 2.04. The van der Waals surface area contributed by atoms with Crippen LogP contribution < -0.4 is 0 Å². The second-order valence-electron chi connectivity index (χ2n) is 3.05. The molecule has 0 heterocycles. The summed E-state index contributed by atoms with van der Waals surface area (Å²) >= 11 is 2.28. The van der Waals surface area contributed by atoms with Crippen LogP contribution in [0.2, 0.25) is 0 Å². The van der Waals surface area contributed by atoms with Gasteiger partial charge in [-0.3, -0.25) is 0 Å². The second kappa shape index (κ2) is 5.14. The Hall–Kier alpha value is -0.950. The Labute approximate surface area is 107 Å². The highest BCUT2D eigenvalue weighted by Gasteiger charge is 2.51. The van der Waals surface area contributed by atoms with E-state index in [1.165, 1.54) is 31.2 Å². The molecule has 0 radical (unpaired) electrons. The summed E-state index contributed by atoms with van der Waals surface area (Å²) in [5.74, 6) is -1.48. The summed E-state index contributed by atoms with van der Waals surface area (Å²) in [4.78, 5) is 11.0. The molecule has 1 aromatic rings. The summed E-state index contributed by atoms with van der Waals surface area (Å²) in [5, 5.41) is 0. The van der Waals surface area contributed by atoms with E-state index in [9.17, 15) is 17.6 Å². The fourth-order valence-corrected chi connectivity index (χ4v) is 2.84. The summed E-state index contributed by atoms with van der Waals surface area (Å²) in [6, 6.07) is 6.84. The number of halogens is 2. The lowest BCUT2D eigenvalue weighted by molar-refractivity contribution is -0.146. The van der Waals surface area contributed by atoms with Crippen molar-refractivity contribution in [1.29, 1.82) is 0 Å². The van der Waals surface area contributed by atoms with Crippen molar-refractivity contribution in [1.82, 2.24) is 0 Å². The van der Waals surface area contributed by atoms with Crippen LogP contribution >= 0.6 is 15.9 Å². The van der Waals surface area contributed by atoms with Gasteiger partial charge in [0.2, 0.25) is 9.84 Å². The highest BCUT2D eigenvalue weighted by Crippen LogP contribution is 2.34. The van der Waals surface area contributed by atoms with Gasteiger partial charge in [-0.25, -0.2) is 17.6 Å². The molecule has 0 saturated heterocycles. The van der Waals surface area contributed by atoms with Crippen LogP contribution in [0, 0.1) is 0 Å². The van der Waals surface area contributed by atoms with E-state index in [2.05, 4.69) is 20.7 Å². The molecule has 1 atom stereocenters. The van der Waals surface area contributed by atoms with Crippen molar-refractivity contribution >= 4 is 31.7 Å². The number of esters is 1. The van der Waals surface area contributed by atoms with Crippen LogP contribution in [0.5, 0.6) is 0 Å². The molecular formula is C10H10BrFO4S. The molecule has 0 spiro atoms. The molecule has 0 fully saturated rings. The number of ether oxygens (including phenoxy) is 1. The highest BCUT2D eigenvalue weighted by atomic mass is 79.9. The van der Waals surface area contributed by atoms with Gasteiger partial charge in [0.1, 0.15) is 0 Å². The SMILES string of the molecule is CCOC(=O)C(F)(Br)S(=O)(=O)c1ccccc1. The molecule has 0 aliphatic carbocycles. The maximum Gasteiger partial charge on any atom is 0.371 e. The molecule has 0 saturated carbocycles. The number of hydrogen-bond acceptors (Lipinski definition) is 4. The molecule has 1 unspecified atom stereocenters. The molecule has 94 valence electrons. The van der Waals surface area contributed by atoms with Gasteiger partial charge in [0.25, 0.3) is 0 Å². The highest BCUT2D eigenvalue weighted by molar-refractivity contribution is 9.12. The number of hydrogen-bond donors (Lipinski definition) is 0. The Kier molecular flexibility index (Phi) is 4.26. The monoisotopic (exact) mass is 324 g/mol. The molecule has 0 aliphatic rings. The zero-order valence-electron chi connectivity index (χ0n) is 8.89. The third-order valence-electron chi connectivity index (χ3n) is 1.90. The van der Waals surface area contributed by atoms with E-state index < -0.39 is 19.7 Å². The molecule has 1 rings (SSSR count).